The van der Waals surface area contributed by atoms with Crippen molar-refractivity contribution in [3.05, 3.63) is 36.4 Å². The van der Waals surface area contributed by atoms with Crippen molar-refractivity contribution in [3.8, 4) is 5.75 Å². The maximum atomic E-state index is 12.7. The second-order valence-corrected chi connectivity index (χ2v) is 12.7. The lowest BCUT2D eigenvalue weighted by molar-refractivity contribution is -0.166. The van der Waals surface area contributed by atoms with Crippen LogP contribution >= 0.6 is 0 Å². The molecule has 0 aromatic heterocycles. The van der Waals surface area contributed by atoms with E-state index in [1.807, 2.05) is 0 Å². The summed E-state index contributed by atoms with van der Waals surface area (Å²) >= 11 is 0. The molecule has 0 radical (unpaired) electrons. The number of carbonyl (C=O) groups excluding carboxylic acids is 5. The molecule has 0 spiro atoms. The Bertz CT molecular complexity index is 1110. The van der Waals surface area contributed by atoms with Crippen molar-refractivity contribution in [2.45, 2.75) is 137 Å². The Morgan fingerprint density at radius 3 is 1.91 bits per heavy atom. The summed E-state index contributed by atoms with van der Waals surface area (Å²) in [7, 11) is 0. The van der Waals surface area contributed by atoms with Gasteiger partial charge in [-0.15, -0.1) is 0 Å². The maximum Gasteiger partial charge on any atom is 0.311 e. The number of nitrogens with one attached hydrogen (secondary N) is 2. The second kappa shape index (κ2) is 24.5. The first-order valence-corrected chi connectivity index (χ1v) is 17.3. The summed E-state index contributed by atoms with van der Waals surface area (Å²) in [5.41, 5.74) is -0.475. The third kappa shape index (κ3) is 20.9. The number of carbonyl (C=O) groups is 5. The molecule has 1 atom stereocenters. The van der Waals surface area contributed by atoms with E-state index in [4.69, 9.17) is 14.2 Å². The molecule has 0 aliphatic carbocycles. The number of allylic oxidation sites excluding steroid dienone is 2. The zero-order valence-corrected chi connectivity index (χ0v) is 29.3. The van der Waals surface area contributed by atoms with Crippen LogP contribution in [0.5, 0.6) is 5.75 Å². The lowest BCUT2D eigenvalue weighted by Crippen LogP contribution is -2.49. The van der Waals surface area contributed by atoms with Gasteiger partial charge in [0, 0.05) is 44.3 Å². The molecule has 1 rings (SSSR count). The molecule has 0 saturated heterocycles. The Hall–Kier alpha value is -3.69. The molecule has 1 aromatic carbocycles. The number of esters is 3. The number of rotatable bonds is 25. The van der Waals surface area contributed by atoms with Crippen LogP contribution in [0.4, 0.5) is 5.69 Å². The average Bonchev–Trinajstić information content (AvgIpc) is 3.01. The summed E-state index contributed by atoms with van der Waals surface area (Å²) in [4.78, 5) is 60.1. The van der Waals surface area contributed by atoms with Gasteiger partial charge in [-0.05, 0) is 56.4 Å². The summed E-state index contributed by atoms with van der Waals surface area (Å²) in [5.74, 6) is -1.99. The minimum atomic E-state index is -1.21. The van der Waals surface area contributed by atoms with Gasteiger partial charge in [0.2, 0.25) is 5.91 Å². The monoisotopic (exact) mass is 658 g/mol. The molecule has 1 aromatic rings. The van der Waals surface area contributed by atoms with E-state index in [0.717, 1.165) is 25.7 Å². The number of benzene rings is 1. The predicted molar refractivity (Wildman–Crippen MR) is 184 cm³/mol. The van der Waals surface area contributed by atoms with Crippen LogP contribution in [-0.2, 0) is 33.4 Å². The van der Waals surface area contributed by atoms with Gasteiger partial charge in [0.15, 0.2) is 6.10 Å². The molecule has 0 aliphatic heterocycles. The van der Waals surface area contributed by atoms with E-state index >= 15 is 0 Å². The zero-order chi connectivity index (χ0) is 34.9. The largest absolute Gasteiger partial charge is 0.465 e. The lowest BCUT2D eigenvalue weighted by atomic mass is 9.86. The van der Waals surface area contributed by atoms with E-state index in [2.05, 4.69) is 29.7 Å². The van der Waals surface area contributed by atoms with Crippen LogP contribution in [0.3, 0.4) is 0 Å². The van der Waals surface area contributed by atoms with Crippen molar-refractivity contribution in [2.75, 3.05) is 18.5 Å². The Kier molecular flexibility index (Phi) is 21.5. The Labute approximate surface area is 281 Å². The second-order valence-electron chi connectivity index (χ2n) is 12.7. The topological polar surface area (TPSA) is 137 Å². The van der Waals surface area contributed by atoms with E-state index in [-0.39, 0.29) is 31.4 Å². The van der Waals surface area contributed by atoms with Crippen LogP contribution in [0.15, 0.2) is 36.4 Å². The lowest BCUT2D eigenvalue weighted by Gasteiger charge is -2.31. The van der Waals surface area contributed by atoms with E-state index in [0.29, 0.717) is 17.9 Å². The van der Waals surface area contributed by atoms with Crippen molar-refractivity contribution >= 4 is 35.4 Å². The number of amides is 2. The van der Waals surface area contributed by atoms with E-state index in [1.54, 1.807) is 38.1 Å². The number of ether oxygens (including phenoxy) is 3. The normalized spacial score (nSPS) is 11.9. The third-order valence-electron chi connectivity index (χ3n) is 7.54. The Morgan fingerprint density at radius 1 is 0.766 bits per heavy atom. The fourth-order valence-corrected chi connectivity index (χ4v) is 4.84. The van der Waals surface area contributed by atoms with Gasteiger partial charge >= 0.3 is 17.9 Å². The SMILES string of the molecule is CCCCCCCC/C=C\CCCCCCCC(=O)Oc1ccc(NC(=O)CCNC(=O)C(OC(C)=O)C(C)(C)COC(C)=O)cc1. The van der Waals surface area contributed by atoms with Crippen LogP contribution in [-0.4, -0.2) is 49.0 Å². The third-order valence-corrected chi connectivity index (χ3v) is 7.54. The molecule has 10 nitrogen and oxygen atoms in total. The summed E-state index contributed by atoms with van der Waals surface area (Å²) in [6.45, 7) is 7.82. The van der Waals surface area contributed by atoms with Crippen molar-refractivity contribution in [3.63, 3.8) is 0 Å². The number of anilines is 1. The molecule has 264 valence electrons. The number of hydrogen-bond donors (Lipinski definition) is 2. The van der Waals surface area contributed by atoms with Crippen LogP contribution in [0, 0.1) is 5.41 Å². The first-order chi connectivity index (χ1) is 22.4. The van der Waals surface area contributed by atoms with Crippen molar-refractivity contribution in [2.24, 2.45) is 5.41 Å². The van der Waals surface area contributed by atoms with Crippen LogP contribution in [0.25, 0.3) is 0 Å². The minimum absolute atomic E-state index is 0.00185. The highest BCUT2D eigenvalue weighted by molar-refractivity contribution is 5.91. The van der Waals surface area contributed by atoms with Crippen molar-refractivity contribution in [1.29, 1.82) is 0 Å². The summed E-state index contributed by atoms with van der Waals surface area (Å²) in [5, 5.41) is 5.33. The van der Waals surface area contributed by atoms with Crippen molar-refractivity contribution in [1.82, 2.24) is 5.32 Å². The molecule has 0 fully saturated rings. The Balaban J connectivity index is 2.25. The molecule has 1 unspecified atom stereocenters. The van der Waals surface area contributed by atoms with Gasteiger partial charge in [-0.2, -0.15) is 0 Å². The van der Waals surface area contributed by atoms with Gasteiger partial charge < -0.3 is 24.8 Å². The molecular formula is C37H58N2O8. The molecule has 0 heterocycles. The van der Waals surface area contributed by atoms with Crippen molar-refractivity contribution < 1.29 is 38.2 Å². The fraction of sp³-hybridized carbons (Fsp3) is 0.649. The van der Waals surface area contributed by atoms with Gasteiger partial charge in [0.05, 0.1) is 0 Å². The molecule has 0 aliphatic rings. The molecule has 47 heavy (non-hydrogen) atoms. The molecule has 10 heteroatoms. The molecule has 0 bridgehead atoms. The van der Waals surface area contributed by atoms with Gasteiger partial charge in [-0.3, -0.25) is 24.0 Å². The zero-order valence-electron chi connectivity index (χ0n) is 29.3. The number of unbranched alkanes of at least 4 members (excludes halogenated alkanes) is 11. The quantitative estimate of drug-likeness (QED) is 0.0474. The molecule has 2 N–H and O–H groups in total. The highest BCUT2D eigenvalue weighted by atomic mass is 16.6. The van der Waals surface area contributed by atoms with Crippen LogP contribution in [0.1, 0.15) is 131 Å². The summed E-state index contributed by atoms with van der Waals surface area (Å²) in [6, 6.07) is 6.50. The number of hydrogen-bond acceptors (Lipinski definition) is 8. The van der Waals surface area contributed by atoms with E-state index in [9.17, 15) is 24.0 Å². The minimum Gasteiger partial charge on any atom is -0.465 e. The Morgan fingerprint density at radius 2 is 1.34 bits per heavy atom. The highest BCUT2D eigenvalue weighted by Gasteiger charge is 2.39. The smallest absolute Gasteiger partial charge is 0.311 e. The van der Waals surface area contributed by atoms with Gasteiger partial charge in [-0.25, -0.2) is 0 Å². The van der Waals surface area contributed by atoms with Gasteiger partial charge in [0.25, 0.3) is 5.91 Å². The average molecular weight is 659 g/mol. The summed E-state index contributed by atoms with van der Waals surface area (Å²) in [6.07, 6.45) is 19.3. The van der Waals surface area contributed by atoms with Gasteiger partial charge in [0.1, 0.15) is 12.4 Å². The summed E-state index contributed by atoms with van der Waals surface area (Å²) < 4.78 is 15.6. The first kappa shape index (κ1) is 41.3. The molecular weight excluding hydrogens is 600 g/mol. The highest BCUT2D eigenvalue weighted by Crippen LogP contribution is 2.25. The van der Waals surface area contributed by atoms with Crippen LogP contribution < -0.4 is 15.4 Å². The predicted octanol–water partition coefficient (Wildman–Crippen LogP) is 7.60. The standard InChI is InChI=1S/C37H58N2O8/c1-6-7-8-9-10-11-12-13-14-15-16-17-18-19-20-21-34(43)47-32-24-22-31(23-25-32)39-33(42)26-27-38-36(44)35(46-30(3)41)37(4,5)28-45-29(2)40/h13-14,22-25,35H,6-12,15-21,26-28H2,1-5H3,(H,38,44)(H,39,42)/b14-13-. The first-order valence-electron chi connectivity index (χ1n) is 17.3. The van der Waals surface area contributed by atoms with E-state index < -0.39 is 29.4 Å². The fourth-order valence-electron chi connectivity index (χ4n) is 4.84. The van der Waals surface area contributed by atoms with Crippen LogP contribution in [0.2, 0.25) is 0 Å². The molecule has 0 saturated carbocycles. The molecule has 2 amide bonds. The van der Waals surface area contributed by atoms with Gasteiger partial charge in [-0.1, -0.05) is 84.3 Å². The van der Waals surface area contributed by atoms with E-state index in [1.165, 1.54) is 71.6 Å². The maximum absolute atomic E-state index is 12.7.